The van der Waals surface area contributed by atoms with Crippen LogP contribution in [0.1, 0.15) is 48.4 Å². The highest BCUT2D eigenvalue weighted by molar-refractivity contribution is 5.71. The van der Waals surface area contributed by atoms with E-state index in [4.69, 9.17) is 0 Å². The van der Waals surface area contributed by atoms with Crippen molar-refractivity contribution in [1.82, 2.24) is 0 Å². The van der Waals surface area contributed by atoms with Crippen LogP contribution in [-0.4, -0.2) is 6.36 Å². The molecule has 2 aromatic rings. The summed E-state index contributed by atoms with van der Waals surface area (Å²) in [7, 11) is 0. The number of aryl methyl sites for hydroxylation is 1. The van der Waals surface area contributed by atoms with Gasteiger partial charge in [0.2, 0.25) is 0 Å². The van der Waals surface area contributed by atoms with Crippen molar-refractivity contribution in [2.24, 2.45) is 0 Å². The Morgan fingerprint density at radius 3 is 2.41 bits per heavy atom. The highest BCUT2D eigenvalue weighted by Crippen LogP contribution is 2.34. The van der Waals surface area contributed by atoms with Crippen LogP contribution in [0.4, 0.5) is 17.6 Å². The number of benzene rings is 2. The minimum absolute atomic E-state index is 0.456. The molecular weight excluding hydrogens is 356 g/mol. The lowest BCUT2D eigenvalue weighted by atomic mass is 9.87. The first-order valence-corrected chi connectivity index (χ1v) is 9.21. The standard InChI is InChI=1S/C22H22F4O/c1-2-3-4-5-15-6-8-16(9-7-15)17-10-11-18-14-21(27-22(24,25)26)20(23)13-19(18)12-17/h6-10,13-14H,2-5,11-12H2,1H3. The van der Waals surface area contributed by atoms with Gasteiger partial charge in [-0.05, 0) is 65.6 Å². The highest BCUT2D eigenvalue weighted by Gasteiger charge is 2.33. The molecule has 27 heavy (non-hydrogen) atoms. The van der Waals surface area contributed by atoms with Gasteiger partial charge in [0.15, 0.2) is 11.6 Å². The van der Waals surface area contributed by atoms with Crippen molar-refractivity contribution in [3.63, 3.8) is 0 Å². The van der Waals surface area contributed by atoms with E-state index in [0.717, 1.165) is 29.7 Å². The zero-order chi connectivity index (χ0) is 19.4. The van der Waals surface area contributed by atoms with Crippen LogP contribution >= 0.6 is 0 Å². The average Bonchev–Trinajstić information content (AvgIpc) is 2.62. The normalized spacial score (nSPS) is 13.9. The van der Waals surface area contributed by atoms with E-state index in [-0.39, 0.29) is 0 Å². The fourth-order valence-electron chi connectivity index (χ4n) is 3.39. The van der Waals surface area contributed by atoms with Gasteiger partial charge in [0, 0.05) is 0 Å². The van der Waals surface area contributed by atoms with Crippen LogP contribution in [0.2, 0.25) is 0 Å². The third-order valence-electron chi connectivity index (χ3n) is 4.82. The van der Waals surface area contributed by atoms with Crippen LogP contribution in [0, 0.1) is 5.82 Å². The summed E-state index contributed by atoms with van der Waals surface area (Å²) in [6.45, 7) is 2.18. The van der Waals surface area contributed by atoms with Crippen molar-refractivity contribution in [3.05, 3.63) is 70.5 Å². The van der Waals surface area contributed by atoms with Crippen LogP contribution in [0.25, 0.3) is 5.57 Å². The van der Waals surface area contributed by atoms with E-state index in [0.29, 0.717) is 24.0 Å². The van der Waals surface area contributed by atoms with Gasteiger partial charge in [-0.25, -0.2) is 4.39 Å². The van der Waals surface area contributed by atoms with Crippen molar-refractivity contribution in [1.29, 1.82) is 0 Å². The molecule has 1 nitrogen and oxygen atoms in total. The Labute approximate surface area is 156 Å². The Kier molecular flexibility index (Phi) is 5.88. The van der Waals surface area contributed by atoms with Gasteiger partial charge in [-0.3, -0.25) is 0 Å². The van der Waals surface area contributed by atoms with Crippen LogP contribution < -0.4 is 4.74 Å². The summed E-state index contributed by atoms with van der Waals surface area (Å²) in [4.78, 5) is 0. The lowest BCUT2D eigenvalue weighted by Gasteiger charge is -2.19. The molecular formula is C22H22F4O. The lowest BCUT2D eigenvalue weighted by molar-refractivity contribution is -0.275. The van der Waals surface area contributed by atoms with E-state index in [1.54, 1.807) is 0 Å². The molecule has 5 heteroatoms. The first-order valence-electron chi connectivity index (χ1n) is 9.21. The summed E-state index contributed by atoms with van der Waals surface area (Å²) < 4.78 is 54.9. The third-order valence-corrected chi connectivity index (χ3v) is 4.82. The maximum atomic E-state index is 14.0. The summed E-state index contributed by atoms with van der Waals surface area (Å²) in [5, 5.41) is 0. The molecule has 0 saturated carbocycles. The second-order valence-electron chi connectivity index (χ2n) is 6.86. The molecule has 0 spiro atoms. The van der Waals surface area contributed by atoms with E-state index in [1.807, 2.05) is 6.08 Å². The zero-order valence-corrected chi connectivity index (χ0v) is 15.2. The highest BCUT2D eigenvalue weighted by atomic mass is 19.4. The van der Waals surface area contributed by atoms with Crippen molar-refractivity contribution in [3.8, 4) is 5.75 Å². The topological polar surface area (TPSA) is 9.23 Å². The molecule has 0 aliphatic heterocycles. The van der Waals surface area contributed by atoms with Gasteiger partial charge < -0.3 is 4.74 Å². The van der Waals surface area contributed by atoms with Gasteiger partial charge >= 0.3 is 6.36 Å². The molecule has 0 radical (unpaired) electrons. The van der Waals surface area contributed by atoms with Crippen LogP contribution in [-0.2, 0) is 19.3 Å². The minimum atomic E-state index is -4.90. The number of allylic oxidation sites excluding steroid dienone is 2. The number of fused-ring (bicyclic) bond motifs is 1. The van der Waals surface area contributed by atoms with E-state index >= 15 is 0 Å². The molecule has 3 rings (SSSR count). The predicted molar refractivity (Wildman–Crippen MR) is 98.1 cm³/mol. The van der Waals surface area contributed by atoms with E-state index in [9.17, 15) is 17.6 Å². The molecule has 1 aliphatic rings. The molecule has 0 saturated heterocycles. The van der Waals surface area contributed by atoms with Gasteiger partial charge in [0.1, 0.15) is 0 Å². The van der Waals surface area contributed by atoms with Gasteiger partial charge in [0.25, 0.3) is 0 Å². The van der Waals surface area contributed by atoms with Crippen molar-refractivity contribution < 1.29 is 22.3 Å². The Morgan fingerprint density at radius 2 is 1.74 bits per heavy atom. The molecule has 1 aliphatic carbocycles. The monoisotopic (exact) mass is 378 g/mol. The van der Waals surface area contributed by atoms with Gasteiger partial charge in [-0.1, -0.05) is 50.1 Å². The molecule has 0 amide bonds. The minimum Gasteiger partial charge on any atom is -0.403 e. The number of unbranched alkanes of at least 4 members (excludes halogenated alkanes) is 2. The molecule has 0 N–H and O–H groups in total. The van der Waals surface area contributed by atoms with E-state index in [2.05, 4.69) is 35.9 Å². The van der Waals surface area contributed by atoms with Gasteiger partial charge in [-0.15, -0.1) is 13.2 Å². The zero-order valence-electron chi connectivity index (χ0n) is 15.2. The van der Waals surface area contributed by atoms with E-state index in [1.165, 1.54) is 24.8 Å². The second kappa shape index (κ2) is 8.15. The number of ether oxygens (including phenoxy) is 1. The summed E-state index contributed by atoms with van der Waals surface area (Å²) in [6, 6.07) is 10.7. The third kappa shape index (κ3) is 5.12. The fraction of sp³-hybridized carbons (Fsp3) is 0.364. The van der Waals surface area contributed by atoms with Crippen molar-refractivity contribution in [2.75, 3.05) is 0 Å². The molecule has 0 heterocycles. The molecule has 2 aromatic carbocycles. The smallest absolute Gasteiger partial charge is 0.403 e. The number of hydrogen-bond acceptors (Lipinski definition) is 1. The summed E-state index contributed by atoms with van der Waals surface area (Å²) >= 11 is 0. The van der Waals surface area contributed by atoms with Gasteiger partial charge in [-0.2, -0.15) is 0 Å². The molecule has 0 bridgehead atoms. The van der Waals surface area contributed by atoms with Crippen molar-refractivity contribution >= 4 is 5.57 Å². The molecule has 0 unspecified atom stereocenters. The first kappa shape index (κ1) is 19.5. The Balaban J connectivity index is 1.73. The maximum Gasteiger partial charge on any atom is 0.573 e. The summed E-state index contributed by atoms with van der Waals surface area (Å²) in [6.07, 6.45) is 2.68. The second-order valence-corrected chi connectivity index (χ2v) is 6.86. The molecule has 144 valence electrons. The number of alkyl halides is 3. The number of hydrogen-bond donors (Lipinski definition) is 0. The number of halogens is 4. The van der Waals surface area contributed by atoms with Crippen LogP contribution in [0.5, 0.6) is 5.75 Å². The summed E-state index contributed by atoms with van der Waals surface area (Å²) in [5.41, 5.74) is 4.79. The van der Waals surface area contributed by atoms with E-state index < -0.39 is 17.9 Å². The largest absolute Gasteiger partial charge is 0.573 e. The van der Waals surface area contributed by atoms with Crippen LogP contribution in [0.3, 0.4) is 0 Å². The Hall–Kier alpha value is -2.30. The Morgan fingerprint density at radius 1 is 1.00 bits per heavy atom. The average molecular weight is 378 g/mol. The van der Waals surface area contributed by atoms with Gasteiger partial charge in [0.05, 0.1) is 0 Å². The maximum absolute atomic E-state index is 14.0. The SMILES string of the molecule is CCCCCc1ccc(C2=CCc3cc(OC(F)(F)F)c(F)cc3C2)cc1. The quantitative estimate of drug-likeness (QED) is 0.404. The fourth-order valence-corrected chi connectivity index (χ4v) is 3.39. The Bertz CT molecular complexity index is 819. The molecule has 0 atom stereocenters. The molecule has 0 fully saturated rings. The van der Waals surface area contributed by atoms with Crippen molar-refractivity contribution in [2.45, 2.75) is 51.8 Å². The lowest BCUT2D eigenvalue weighted by Crippen LogP contribution is -2.18. The van der Waals surface area contributed by atoms with Crippen LogP contribution in [0.15, 0.2) is 42.5 Å². The first-order chi connectivity index (χ1) is 12.9. The predicted octanol–water partition coefficient (Wildman–Crippen LogP) is 6.64. The summed E-state index contributed by atoms with van der Waals surface area (Å²) in [5.74, 6) is -1.76. The number of rotatable bonds is 6. The molecule has 0 aromatic heterocycles.